The van der Waals surface area contributed by atoms with Gasteiger partial charge in [-0.05, 0) is 32.3 Å². The summed E-state index contributed by atoms with van der Waals surface area (Å²) in [5, 5.41) is 7.22. The van der Waals surface area contributed by atoms with Crippen molar-refractivity contribution >= 4 is 34.2 Å². The maximum absolute atomic E-state index is 14.8. The second-order valence-corrected chi connectivity index (χ2v) is 10.9. The summed E-state index contributed by atoms with van der Waals surface area (Å²) in [7, 11) is 3.79. The summed E-state index contributed by atoms with van der Waals surface area (Å²) in [6.45, 7) is 4.50. The van der Waals surface area contributed by atoms with Gasteiger partial charge in [0.2, 0.25) is 5.95 Å². The minimum atomic E-state index is -0.849. The van der Waals surface area contributed by atoms with Crippen molar-refractivity contribution < 1.29 is 22.7 Å². The summed E-state index contributed by atoms with van der Waals surface area (Å²) < 4.78 is 43.6. The van der Waals surface area contributed by atoms with Gasteiger partial charge >= 0.3 is 0 Å². The molecule has 1 saturated heterocycles. The number of nitrogens with one attached hydrogen (secondary N) is 1. The van der Waals surface area contributed by atoms with Crippen LogP contribution in [0.15, 0.2) is 47.3 Å². The quantitative estimate of drug-likeness (QED) is 0.230. The first-order chi connectivity index (χ1) is 21.3. The molecule has 1 fully saturated rings. The van der Waals surface area contributed by atoms with Crippen LogP contribution in [0.5, 0.6) is 5.75 Å². The molecule has 1 aliphatic heterocycles. The molecule has 3 N–H and O–H groups in total. The first-order valence-corrected chi connectivity index (χ1v) is 14.3. The number of benzene rings is 1. The zero-order valence-corrected chi connectivity index (χ0v) is 24.5. The molecule has 0 saturated carbocycles. The molecule has 0 bridgehead atoms. The molecule has 5 heterocycles. The van der Waals surface area contributed by atoms with Crippen LogP contribution in [0.3, 0.4) is 0 Å². The number of aromatic nitrogens is 5. The molecule has 1 aliphatic rings. The fraction of sp³-hybridized carbons (Fsp3) is 0.379. The van der Waals surface area contributed by atoms with E-state index in [1.807, 2.05) is 40.6 Å². The molecule has 0 spiro atoms. The highest BCUT2D eigenvalue weighted by molar-refractivity contribution is 5.90. The molecule has 232 valence electrons. The number of amides is 1. The first-order valence-electron chi connectivity index (χ1n) is 14.3. The zero-order chi connectivity index (χ0) is 30.8. The maximum atomic E-state index is 14.8. The highest BCUT2D eigenvalue weighted by Gasteiger charge is 2.23. The highest BCUT2D eigenvalue weighted by Crippen LogP contribution is 2.29. The number of piperazine rings is 1. The molecule has 4 aromatic heterocycles. The number of nitrogens with two attached hydrogens (primary N) is 1. The summed E-state index contributed by atoms with van der Waals surface area (Å²) in [6, 6.07) is 7.63. The van der Waals surface area contributed by atoms with Crippen LogP contribution in [0.4, 0.5) is 20.4 Å². The molecule has 13 nitrogen and oxygen atoms in total. The Morgan fingerprint density at radius 3 is 2.70 bits per heavy atom. The molecule has 1 aromatic carbocycles. The number of likely N-dealkylation sites (N-methyl/N-ethyl adjacent to an activating group) is 1. The average Bonchev–Trinajstić information content (AvgIpc) is 3.76. The number of imidazole rings is 1. The first kappa shape index (κ1) is 29.3. The Balaban J connectivity index is 1.06. The Morgan fingerprint density at radius 1 is 1.14 bits per heavy atom. The summed E-state index contributed by atoms with van der Waals surface area (Å²) in [4.78, 5) is 27.2. The molecule has 44 heavy (non-hydrogen) atoms. The number of hydrogen-bond acceptors (Lipinski definition) is 10. The number of ether oxygens (including phenoxy) is 1. The van der Waals surface area contributed by atoms with E-state index >= 15 is 0 Å². The monoisotopic (exact) mass is 608 g/mol. The molecule has 0 unspecified atom stereocenters. The smallest absolute Gasteiger partial charge is 0.257 e. The lowest BCUT2D eigenvalue weighted by atomic mass is 10.2. The average molecular weight is 609 g/mol. The molecular formula is C29H34F2N10O3. The second kappa shape index (κ2) is 12.5. The predicted octanol–water partition coefficient (Wildman–Crippen LogP) is 2.08. The SMILES string of the molecule is CN(C)CCNC(=O)COc1cc(N2CCN(CCn3cnc4c3nc(N)n3nc(-c5ccco5)cc43)CC2)c(F)cc1F. The summed E-state index contributed by atoms with van der Waals surface area (Å²) in [5.41, 5.74) is 9.20. The van der Waals surface area contributed by atoms with Crippen molar-refractivity contribution in [2.45, 2.75) is 6.54 Å². The Morgan fingerprint density at radius 2 is 1.95 bits per heavy atom. The van der Waals surface area contributed by atoms with Crippen LogP contribution in [-0.4, -0.2) is 106 Å². The molecule has 6 rings (SSSR count). The minimum Gasteiger partial charge on any atom is -0.481 e. The van der Waals surface area contributed by atoms with Crippen LogP contribution < -0.4 is 20.7 Å². The van der Waals surface area contributed by atoms with Gasteiger partial charge in [-0.25, -0.2) is 13.8 Å². The van der Waals surface area contributed by atoms with Crippen molar-refractivity contribution in [3.05, 3.63) is 54.6 Å². The lowest BCUT2D eigenvalue weighted by Gasteiger charge is -2.36. The van der Waals surface area contributed by atoms with Gasteiger partial charge in [-0.3, -0.25) is 9.69 Å². The van der Waals surface area contributed by atoms with Crippen LogP contribution in [0.1, 0.15) is 0 Å². The number of furan rings is 1. The van der Waals surface area contributed by atoms with Crippen molar-refractivity contribution in [3.63, 3.8) is 0 Å². The topological polar surface area (TPSA) is 135 Å². The van der Waals surface area contributed by atoms with Gasteiger partial charge in [0.1, 0.15) is 22.5 Å². The van der Waals surface area contributed by atoms with Gasteiger partial charge in [0.15, 0.2) is 29.6 Å². The number of halogens is 2. The summed E-state index contributed by atoms with van der Waals surface area (Å²) in [5.74, 6) is -1.18. The van der Waals surface area contributed by atoms with Crippen molar-refractivity contribution in [2.75, 3.05) is 77.1 Å². The Hall–Kier alpha value is -4.76. The third-order valence-corrected chi connectivity index (χ3v) is 7.58. The van der Waals surface area contributed by atoms with Crippen LogP contribution in [0, 0.1) is 11.6 Å². The Bertz CT molecular complexity index is 1760. The van der Waals surface area contributed by atoms with Crippen LogP contribution in [0.25, 0.3) is 28.1 Å². The predicted molar refractivity (Wildman–Crippen MR) is 160 cm³/mol. The zero-order valence-electron chi connectivity index (χ0n) is 24.5. The lowest BCUT2D eigenvalue weighted by molar-refractivity contribution is -0.123. The fourth-order valence-corrected chi connectivity index (χ4v) is 5.21. The van der Waals surface area contributed by atoms with E-state index in [1.165, 1.54) is 6.07 Å². The van der Waals surface area contributed by atoms with Crippen molar-refractivity contribution in [1.29, 1.82) is 0 Å². The van der Waals surface area contributed by atoms with E-state index in [4.69, 9.17) is 14.9 Å². The number of anilines is 2. The van der Waals surface area contributed by atoms with Gasteiger partial charge in [0, 0.05) is 64.5 Å². The summed E-state index contributed by atoms with van der Waals surface area (Å²) >= 11 is 0. The van der Waals surface area contributed by atoms with Gasteiger partial charge in [0.25, 0.3) is 5.91 Å². The third-order valence-electron chi connectivity index (χ3n) is 7.58. The van der Waals surface area contributed by atoms with E-state index < -0.39 is 11.6 Å². The van der Waals surface area contributed by atoms with Crippen LogP contribution in [-0.2, 0) is 11.3 Å². The normalized spacial score (nSPS) is 14.2. The van der Waals surface area contributed by atoms with E-state index in [0.29, 0.717) is 75.0 Å². The van der Waals surface area contributed by atoms with Crippen molar-refractivity contribution in [2.24, 2.45) is 0 Å². The van der Waals surface area contributed by atoms with Gasteiger partial charge in [-0.2, -0.15) is 14.6 Å². The lowest BCUT2D eigenvalue weighted by Crippen LogP contribution is -2.47. The van der Waals surface area contributed by atoms with Gasteiger partial charge in [-0.15, -0.1) is 0 Å². The molecule has 15 heteroatoms. The van der Waals surface area contributed by atoms with Gasteiger partial charge in [0.05, 0.1) is 18.3 Å². The Kier molecular flexibility index (Phi) is 8.30. The maximum Gasteiger partial charge on any atom is 0.257 e. The molecule has 0 atom stereocenters. The number of rotatable bonds is 11. The minimum absolute atomic E-state index is 0.158. The van der Waals surface area contributed by atoms with Crippen LogP contribution in [0.2, 0.25) is 0 Å². The molecular weight excluding hydrogens is 574 g/mol. The second-order valence-electron chi connectivity index (χ2n) is 10.9. The number of carbonyl (C=O) groups excluding carboxylic acids is 1. The largest absolute Gasteiger partial charge is 0.481 e. The number of nitrogen functional groups attached to an aromatic ring is 1. The number of nitrogens with zero attached hydrogens (tertiary/aromatic N) is 8. The van der Waals surface area contributed by atoms with Gasteiger partial charge in [-0.1, -0.05) is 0 Å². The van der Waals surface area contributed by atoms with Crippen LogP contribution >= 0.6 is 0 Å². The van der Waals surface area contributed by atoms with Crippen molar-refractivity contribution in [3.8, 4) is 17.2 Å². The van der Waals surface area contributed by atoms with Gasteiger partial charge < -0.3 is 34.6 Å². The third kappa shape index (κ3) is 6.14. The number of fused-ring (bicyclic) bond motifs is 3. The van der Waals surface area contributed by atoms with Crippen molar-refractivity contribution in [1.82, 2.24) is 39.3 Å². The van der Waals surface area contributed by atoms with E-state index in [1.54, 1.807) is 23.2 Å². The fourth-order valence-electron chi connectivity index (χ4n) is 5.21. The number of carbonyl (C=O) groups is 1. The molecule has 0 aliphatic carbocycles. The standard InChI is InChI=1S/C29H34F2N10O3/c1-37(2)6-5-33-26(42)17-44-25-16-22(19(30)14-20(25)31)39-10-7-38(8-11-39)9-12-40-18-34-27-23-15-21(24-4-3-13-43-24)36-41(23)29(32)35-28(27)40/h3-4,13-16,18H,5-12,17H2,1-2H3,(H2,32,35)(H,33,42). The molecule has 1 amide bonds. The highest BCUT2D eigenvalue weighted by atomic mass is 19.1. The summed E-state index contributed by atoms with van der Waals surface area (Å²) in [6.07, 6.45) is 3.33. The van der Waals surface area contributed by atoms with E-state index in [-0.39, 0.29) is 29.9 Å². The Labute approximate surface area is 251 Å². The van der Waals surface area contributed by atoms with E-state index in [9.17, 15) is 13.6 Å². The van der Waals surface area contributed by atoms with E-state index in [2.05, 4.69) is 25.3 Å². The molecule has 5 aromatic rings. The number of hydrogen-bond donors (Lipinski definition) is 2. The molecule has 0 radical (unpaired) electrons. The van der Waals surface area contributed by atoms with E-state index in [0.717, 1.165) is 11.6 Å².